The van der Waals surface area contributed by atoms with E-state index in [1.165, 1.54) is 22.5 Å². The molecule has 1 N–H and O–H groups in total. The zero-order valence-electron chi connectivity index (χ0n) is 13.0. The zero-order chi connectivity index (χ0) is 16.1. The number of nitrogens with zero attached hydrogens (tertiary/aromatic N) is 1. The SMILES string of the molecule is Cc1ccc(-c2csc(NC(=O)CCc3ccccc3)n2)cc1. The van der Waals surface area contributed by atoms with Gasteiger partial charge in [0.15, 0.2) is 5.13 Å². The summed E-state index contributed by atoms with van der Waals surface area (Å²) in [5.74, 6) is -0.00124. The molecule has 0 fully saturated rings. The smallest absolute Gasteiger partial charge is 0.226 e. The Hall–Kier alpha value is -2.46. The lowest BCUT2D eigenvalue weighted by atomic mass is 10.1. The van der Waals surface area contributed by atoms with Crippen LogP contribution in [0.1, 0.15) is 17.5 Å². The van der Waals surface area contributed by atoms with E-state index in [1.54, 1.807) is 0 Å². The van der Waals surface area contributed by atoms with E-state index in [4.69, 9.17) is 0 Å². The van der Waals surface area contributed by atoms with E-state index in [1.807, 2.05) is 47.8 Å². The second kappa shape index (κ2) is 7.20. The fourth-order valence-corrected chi connectivity index (χ4v) is 3.01. The number of hydrogen-bond acceptors (Lipinski definition) is 3. The number of anilines is 1. The van der Waals surface area contributed by atoms with E-state index >= 15 is 0 Å². The predicted molar refractivity (Wildman–Crippen MR) is 95.7 cm³/mol. The minimum absolute atomic E-state index is 0.00124. The maximum absolute atomic E-state index is 12.0. The predicted octanol–water partition coefficient (Wildman–Crippen LogP) is 4.69. The molecular formula is C19H18N2OS. The van der Waals surface area contributed by atoms with Crippen LogP contribution in [0.15, 0.2) is 60.0 Å². The average molecular weight is 322 g/mol. The number of aryl methyl sites for hydroxylation is 2. The lowest BCUT2D eigenvalue weighted by Gasteiger charge is -2.02. The van der Waals surface area contributed by atoms with Gasteiger partial charge >= 0.3 is 0 Å². The molecule has 3 nitrogen and oxygen atoms in total. The largest absolute Gasteiger partial charge is 0.302 e. The van der Waals surface area contributed by atoms with E-state index in [2.05, 4.69) is 29.4 Å². The quantitative estimate of drug-likeness (QED) is 0.740. The highest BCUT2D eigenvalue weighted by Gasteiger charge is 2.08. The third-order valence-corrected chi connectivity index (χ3v) is 4.34. The minimum atomic E-state index is -0.00124. The van der Waals surface area contributed by atoms with Crippen molar-refractivity contribution in [3.63, 3.8) is 0 Å². The van der Waals surface area contributed by atoms with Crippen LogP contribution in [0.2, 0.25) is 0 Å². The summed E-state index contributed by atoms with van der Waals surface area (Å²) in [5.41, 5.74) is 4.35. The van der Waals surface area contributed by atoms with Crippen LogP contribution in [0.3, 0.4) is 0 Å². The number of benzene rings is 2. The molecule has 0 atom stereocenters. The third kappa shape index (κ3) is 4.27. The molecule has 3 aromatic rings. The van der Waals surface area contributed by atoms with Crippen molar-refractivity contribution >= 4 is 22.4 Å². The summed E-state index contributed by atoms with van der Waals surface area (Å²) >= 11 is 1.46. The maximum Gasteiger partial charge on any atom is 0.226 e. The van der Waals surface area contributed by atoms with Crippen molar-refractivity contribution in [2.75, 3.05) is 5.32 Å². The molecule has 1 heterocycles. The Bertz CT molecular complexity index is 779. The van der Waals surface area contributed by atoms with Crippen molar-refractivity contribution in [2.24, 2.45) is 0 Å². The van der Waals surface area contributed by atoms with Crippen LogP contribution in [-0.2, 0) is 11.2 Å². The van der Waals surface area contributed by atoms with Gasteiger partial charge in [0.1, 0.15) is 0 Å². The molecule has 0 saturated carbocycles. The van der Waals surface area contributed by atoms with E-state index in [0.717, 1.165) is 17.7 Å². The van der Waals surface area contributed by atoms with E-state index in [-0.39, 0.29) is 5.91 Å². The fourth-order valence-electron chi connectivity index (χ4n) is 2.27. The van der Waals surface area contributed by atoms with Crippen LogP contribution in [0, 0.1) is 6.92 Å². The number of nitrogens with one attached hydrogen (secondary N) is 1. The first-order valence-corrected chi connectivity index (χ1v) is 8.45. The fraction of sp³-hybridized carbons (Fsp3) is 0.158. The van der Waals surface area contributed by atoms with Crippen molar-refractivity contribution in [1.29, 1.82) is 0 Å². The standard InChI is InChI=1S/C19H18N2OS/c1-14-7-10-16(11-8-14)17-13-23-19(20-17)21-18(22)12-9-15-5-3-2-4-6-15/h2-8,10-11,13H,9,12H2,1H3,(H,20,21,22). The molecular weight excluding hydrogens is 304 g/mol. The number of thiazole rings is 1. The maximum atomic E-state index is 12.0. The van der Waals surface area contributed by atoms with Crippen LogP contribution in [-0.4, -0.2) is 10.9 Å². The second-order valence-corrected chi connectivity index (χ2v) is 6.30. The topological polar surface area (TPSA) is 42.0 Å². The minimum Gasteiger partial charge on any atom is -0.302 e. The normalized spacial score (nSPS) is 10.5. The monoisotopic (exact) mass is 322 g/mol. The van der Waals surface area contributed by atoms with Crippen molar-refractivity contribution in [1.82, 2.24) is 4.98 Å². The molecule has 2 aromatic carbocycles. The Labute approximate surface area is 140 Å². The first kappa shape index (κ1) is 15.4. The number of carbonyl (C=O) groups is 1. The number of amides is 1. The molecule has 0 aliphatic rings. The van der Waals surface area contributed by atoms with Gasteiger partial charge in [-0.2, -0.15) is 0 Å². The van der Waals surface area contributed by atoms with Crippen LogP contribution >= 0.6 is 11.3 Å². The number of carbonyl (C=O) groups excluding carboxylic acids is 1. The van der Waals surface area contributed by atoms with Crippen LogP contribution in [0.4, 0.5) is 5.13 Å². The number of rotatable bonds is 5. The lowest BCUT2D eigenvalue weighted by Crippen LogP contribution is -2.12. The molecule has 116 valence electrons. The highest BCUT2D eigenvalue weighted by Crippen LogP contribution is 2.25. The summed E-state index contributed by atoms with van der Waals surface area (Å²) in [4.78, 5) is 16.5. The van der Waals surface area contributed by atoms with E-state index < -0.39 is 0 Å². The van der Waals surface area contributed by atoms with Gasteiger partial charge in [-0.3, -0.25) is 4.79 Å². The molecule has 0 aliphatic carbocycles. The van der Waals surface area contributed by atoms with Gasteiger partial charge in [0.25, 0.3) is 0 Å². The molecule has 0 unspecified atom stereocenters. The number of aromatic nitrogens is 1. The van der Waals surface area contributed by atoms with Gasteiger partial charge < -0.3 is 5.32 Å². The molecule has 1 aromatic heterocycles. The summed E-state index contributed by atoms with van der Waals surface area (Å²) in [6.07, 6.45) is 1.20. The summed E-state index contributed by atoms with van der Waals surface area (Å²) < 4.78 is 0. The lowest BCUT2D eigenvalue weighted by molar-refractivity contribution is -0.116. The van der Waals surface area contributed by atoms with Crippen LogP contribution in [0.5, 0.6) is 0 Å². The van der Waals surface area contributed by atoms with Crippen molar-refractivity contribution in [3.8, 4) is 11.3 Å². The van der Waals surface area contributed by atoms with Gasteiger partial charge in [-0.05, 0) is 18.9 Å². The number of hydrogen-bond donors (Lipinski definition) is 1. The summed E-state index contributed by atoms with van der Waals surface area (Å²) in [6.45, 7) is 2.06. The Morgan fingerprint density at radius 1 is 1.09 bits per heavy atom. The van der Waals surface area contributed by atoms with Gasteiger partial charge in [-0.15, -0.1) is 11.3 Å². The highest BCUT2D eigenvalue weighted by atomic mass is 32.1. The first-order chi connectivity index (χ1) is 11.2. The second-order valence-electron chi connectivity index (χ2n) is 5.44. The summed E-state index contributed by atoms with van der Waals surface area (Å²) in [5, 5.41) is 5.50. The molecule has 23 heavy (non-hydrogen) atoms. The molecule has 1 amide bonds. The Morgan fingerprint density at radius 2 is 1.83 bits per heavy atom. The van der Waals surface area contributed by atoms with Crippen molar-refractivity contribution < 1.29 is 4.79 Å². The Morgan fingerprint density at radius 3 is 2.57 bits per heavy atom. The van der Waals surface area contributed by atoms with Gasteiger partial charge in [-0.1, -0.05) is 60.2 Å². The molecule has 3 rings (SSSR count). The Kier molecular flexibility index (Phi) is 4.83. The zero-order valence-corrected chi connectivity index (χ0v) is 13.8. The van der Waals surface area contributed by atoms with Gasteiger partial charge in [0.2, 0.25) is 5.91 Å². The van der Waals surface area contributed by atoms with Crippen LogP contribution in [0.25, 0.3) is 11.3 Å². The molecule has 0 saturated heterocycles. The molecule has 4 heteroatoms. The van der Waals surface area contributed by atoms with Gasteiger partial charge in [0, 0.05) is 17.4 Å². The summed E-state index contributed by atoms with van der Waals surface area (Å²) in [7, 11) is 0. The van der Waals surface area contributed by atoms with Crippen molar-refractivity contribution in [3.05, 3.63) is 71.1 Å². The third-order valence-electron chi connectivity index (χ3n) is 3.58. The Balaban J connectivity index is 1.58. The highest BCUT2D eigenvalue weighted by molar-refractivity contribution is 7.14. The molecule has 0 spiro atoms. The van der Waals surface area contributed by atoms with Gasteiger partial charge in [0.05, 0.1) is 5.69 Å². The van der Waals surface area contributed by atoms with E-state index in [0.29, 0.717) is 11.6 Å². The summed E-state index contributed by atoms with van der Waals surface area (Å²) in [6, 6.07) is 18.2. The van der Waals surface area contributed by atoms with Gasteiger partial charge in [-0.25, -0.2) is 4.98 Å². The van der Waals surface area contributed by atoms with E-state index in [9.17, 15) is 4.79 Å². The molecule has 0 radical (unpaired) electrons. The molecule has 0 bridgehead atoms. The first-order valence-electron chi connectivity index (χ1n) is 7.57. The van der Waals surface area contributed by atoms with Crippen LogP contribution < -0.4 is 5.32 Å². The van der Waals surface area contributed by atoms with Crippen molar-refractivity contribution in [2.45, 2.75) is 19.8 Å². The molecule has 0 aliphatic heterocycles. The average Bonchev–Trinajstić information content (AvgIpc) is 3.03.